The van der Waals surface area contributed by atoms with Gasteiger partial charge in [-0.15, -0.1) is 5.10 Å². The second kappa shape index (κ2) is 8.81. The van der Waals surface area contributed by atoms with E-state index in [0.717, 1.165) is 12.8 Å². The number of rotatable bonds is 6. The van der Waals surface area contributed by atoms with Crippen molar-refractivity contribution in [3.8, 4) is 5.75 Å². The summed E-state index contributed by atoms with van der Waals surface area (Å²) < 4.78 is 7.25. The molecule has 0 radical (unpaired) electrons. The number of nitrogens with one attached hydrogen (secondary N) is 1. The molecule has 1 atom stereocenters. The molecule has 28 heavy (non-hydrogen) atoms. The number of piperidine rings is 1. The molecule has 1 fully saturated rings. The third-order valence-corrected chi connectivity index (χ3v) is 4.67. The highest BCUT2D eigenvalue weighted by Gasteiger charge is 2.29. The third kappa shape index (κ3) is 4.85. The van der Waals surface area contributed by atoms with E-state index in [1.54, 1.807) is 36.2 Å². The summed E-state index contributed by atoms with van der Waals surface area (Å²) in [6, 6.07) is 7.14. The summed E-state index contributed by atoms with van der Waals surface area (Å²) in [5.41, 5.74) is 0.540. The number of nitrogens with zero attached hydrogens (tertiary/aromatic N) is 5. The molecule has 0 bridgehead atoms. The average Bonchev–Trinajstić information content (AvgIpc) is 3.10. The Bertz CT molecular complexity index is 835. The highest BCUT2D eigenvalue weighted by Crippen LogP contribution is 2.21. The van der Waals surface area contributed by atoms with Gasteiger partial charge in [-0.1, -0.05) is 6.07 Å². The Kier molecular flexibility index (Phi) is 6.23. The van der Waals surface area contributed by atoms with Crippen molar-refractivity contribution < 1.29 is 14.3 Å². The van der Waals surface area contributed by atoms with Crippen molar-refractivity contribution in [2.45, 2.75) is 39.3 Å². The Labute approximate surface area is 164 Å². The molecular weight excluding hydrogens is 360 g/mol. The number of tetrazole rings is 1. The summed E-state index contributed by atoms with van der Waals surface area (Å²) in [6.07, 6.45) is 1.62. The number of aryl methyl sites for hydroxylation is 1. The molecular formula is C19H26N6O3. The van der Waals surface area contributed by atoms with E-state index in [2.05, 4.69) is 20.8 Å². The minimum atomic E-state index is -0.164. The van der Waals surface area contributed by atoms with Gasteiger partial charge in [0, 0.05) is 31.7 Å². The first-order valence-corrected chi connectivity index (χ1v) is 9.48. The first-order valence-electron chi connectivity index (χ1n) is 9.48. The molecule has 150 valence electrons. The standard InChI is InChI=1S/C19H26N6O3/c1-13(2)20-18(26)15-7-5-9-25(11-15)19(27)14-6-4-8-16(10-14)28-12-17-21-22-23-24(17)3/h4,6,8,10,13,15H,5,7,9,11-12H2,1-3H3,(H,20,26)/t15-/m1/s1. The number of hydrogen-bond acceptors (Lipinski definition) is 6. The van der Waals surface area contributed by atoms with Crippen molar-refractivity contribution in [1.29, 1.82) is 0 Å². The summed E-state index contributed by atoms with van der Waals surface area (Å²) >= 11 is 0. The van der Waals surface area contributed by atoms with Crippen LogP contribution in [0.3, 0.4) is 0 Å². The zero-order valence-corrected chi connectivity index (χ0v) is 16.5. The molecule has 2 heterocycles. The van der Waals surface area contributed by atoms with E-state index < -0.39 is 0 Å². The highest BCUT2D eigenvalue weighted by molar-refractivity contribution is 5.95. The second-order valence-corrected chi connectivity index (χ2v) is 7.29. The minimum absolute atomic E-state index is 0.0156. The fourth-order valence-electron chi connectivity index (χ4n) is 3.20. The lowest BCUT2D eigenvalue weighted by Gasteiger charge is -2.32. The number of likely N-dealkylation sites (tertiary alicyclic amines) is 1. The molecule has 1 aliphatic heterocycles. The molecule has 0 saturated carbocycles. The maximum absolute atomic E-state index is 12.9. The summed E-state index contributed by atoms with van der Waals surface area (Å²) in [7, 11) is 1.74. The predicted molar refractivity (Wildman–Crippen MR) is 101 cm³/mol. The van der Waals surface area contributed by atoms with Gasteiger partial charge in [-0.2, -0.15) is 0 Å². The number of amides is 2. The van der Waals surface area contributed by atoms with Gasteiger partial charge in [0.25, 0.3) is 5.91 Å². The molecule has 9 nitrogen and oxygen atoms in total. The number of aromatic nitrogens is 4. The normalized spacial score (nSPS) is 16.9. The number of carbonyl (C=O) groups excluding carboxylic acids is 2. The molecule has 1 aliphatic rings. The molecule has 2 aromatic rings. The summed E-state index contributed by atoms with van der Waals surface area (Å²) in [6.45, 7) is 5.17. The summed E-state index contributed by atoms with van der Waals surface area (Å²) in [4.78, 5) is 27.0. The number of hydrogen-bond donors (Lipinski definition) is 1. The number of carbonyl (C=O) groups is 2. The highest BCUT2D eigenvalue weighted by atomic mass is 16.5. The van der Waals surface area contributed by atoms with E-state index in [4.69, 9.17) is 4.74 Å². The maximum Gasteiger partial charge on any atom is 0.254 e. The van der Waals surface area contributed by atoms with Crippen molar-refractivity contribution in [2.24, 2.45) is 13.0 Å². The smallest absolute Gasteiger partial charge is 0.254 e. The van der Waals surface area contributed by atoms with Gasteiger partial charge >= 0.3 is 0 Å². The molecule has 2 amide bonds. The van der Waals surface area contributed by atoms with Crippen molar-refractivity contribution in [1.82, 2.24) is 30.4 Å². The van der Waals surface area contributed by atoms with Crippen LogP contribution in [0.1, 0.15) is 42.9 Å². The van der Waals surface area contributed by atoms with E-state index in [0.29, 0.717) is 30.2 Å². The van der Waals surface area contributed by atoms with Crippen LogP contribution < -0.4 is 10.1 Å². The minimum Gasteiger partial charge on any atom is -0.486 e. The molecule has 9 heteroatoms. The SMILES string of the molecule is CC(C)NC(=O)[C@@H]1CCCN(C(=O)c2cccc(OCc3nnnn3C)c2)C1. The van der Waals surface area contributed by atoms with Gasteiger partial charge in [0.2, 0.25) is 5.91 Å². The van der Waals surface area contributed by atoms with Crippen LogP contribution in [0.25, 0.3) is 0 Å². The lowest BCUT2D eigenvalue weighted by atomic mass is 9.96. The van der Waals surface area contributed by atoms with Gasteiger partial charge in [0.15, 0.2) is 5.82 Å². The lowest BCUT2D eigenvalue weighted by molar-refractivity contribution is -0.126. The lowest BCUT2D eigenvalue weighted by Crippen LogP contribution is -2.46. The van der Waals surface area contributed by atoms with E-state index >= 15 is 0 Å². The van der Waals surface area contributed by atoms with Gasteiger partial charge in [0.05, 0.1) is 5.92 Å². The molecule has 0 unspecified atom stereocenters. The average molecular weight is 386 g/mol. The molecule has 0 aliphatic carbocycles. The quantitative estimate of drug-likeness (QED) is 0.799. The van der Waals surface area contributed by atoms with Crippen molar-refractivity contribution in [3.63, 3.8) is 0 Å². The van der Waals surface area contributed by atoms with Crippen LogP contribution in [0.5, 0.6) is 5.75 Å². The fourth-order valence-corrected chi connectivity index (χ4v) is 3.20. The Morgan fingerprint density at radius 2 is 2.18 bits per heavy atom. The number of ether oxygens (including phenoxy) is 1. The van der Waals surface area contributed by atoms with Gasteiger partial charge in [0.1, 0.15) is 12.4 Å². The fraction of sp³-hybridized carbons (Fsp3) is 0.526. The third-order valence-electron chi connectivity index (χ3n) is 4.67. The Morgan fingerprint density at radius 3 is 2.89 bits per heavy atom. The maximum atomic E-state index is 12.9. The molecule has 0 spiro atoms. The van der Waals surface area contributed by atoms with Crippen LogP contribution in [0.15, 0.2) is 24.3 Å². The van der Waals surface area contributed by atoms with Crippen molar-refractivity contribution in [3.05, 3.63) is 35.7 Å². The van der Waals surface area contributed by atoms with Gasteiger partial charge in [-0.25, -0.2) is 4.68 Å². The second-order valence-electron chi connectivity index (χ2n) is 7.29. The van der Waals surface area contributed by atoms with Gasteiger partial charge < -0.3 is 15.0 Å². The van der Waals surface area contributed by atoms with Gasteiger partial charge in [-0.05, 0) is 55.3 Å². The molecule has 1 saturated heterocycles. The topological polar surface area (TPSA) is 102 Å². The number of benzene rings is 1. The first-order chi connectivity index (χ1) is 13.4. The monoisotopic (exact) mass is 386 g/mol. The van der Waals surface area contributed by atoms with Gasteiger partial charge in [-0.3, -0.25) is 9.59 Å². The molecule has 3 rings (SSSR count). The zero-order chi connectivity index (χ0) is 20.1. The van der Waals surface area contributed by atoms with Crippen molar-refractivity contribution >= 4 is 11.8 Å². The predicted octanol–water partition coefficient (Wildman–Crippen LogP) is 1.17. The van der Waals surface area contributed by atoms with E-state index in [1.807, 2.05) is 13.8 Å². The summed E-state index contributed by atoms with van der Waals surface area (Å²) in [5, 5.41) is 14.1. The van der Waals surface area contributed by atoms with E-state index in [1.165, 1.54) is 4.68 Å². The Morgan fingerprint density at radius 1 is 1.36 bits per heavy atom. The van der Waals surface area contributed by atoms with Crippen LogP contribution in [0, 0.1) is 5.92 Å². The van der Waals surface area contributed by atoms with Crippen molar-refractivity contribution in [2.75, 3.05) is 13.1 Å². The Hall–Kier alpha value is -2.97. The summed E-state index contributed by atoms with van der Waals surface area (Å²) in [5.74, 6) is 0.921. The zero-order valence-electron chi connectivity index (χ0n) is 16.5. The van der Waals surface area contributed by atoms with Crippen LogP contribution in [-0.4, -0.2) is 56.1 Å². The molecule has 1 aromatic carbocycles. The van der Waals surface area contributed by atoms with Crippen LogP contribution in [-0.2, 0) is 18.4 Å². The molecule has 1 N–H and O–H groups in total. The van der Waals surface area contributed by atoms with Crippen LogP contribution >= 0.6 is 0 Å². The first kappa shape index (κ1) is 19.8. The van der Waals surface area contributed by atoms with E-state index in [9.17, 15) is 9.59 Å². The Balaban J connectivity index is 1.63. The largest absolute Gasteiger partial charge is 0.486 e. The van der Waals surface area contributed by atoms with Crippen LogP contribution in [0.2, 0.25) is 0 Å². The van der Waals surface area contributed by atoms with E-state index in [-0.39, 0.29) is 30.4 Å². The molecule has 1 aromatic heterocycles. The van der Waals surface area contributed by atoms with Crippen LogP contribution in [0.4, 0.5) is 0 Å².